The van der Waals surface area contributed by atoms with Gasteiger partial charge in [0.25, 0.3) is 0 Å². The van der Waals surface area contributed by atoms with Crippen LogP contribution >= 0.6 is 0 Å². The van der Waals surface area contributed by atoms with Crippen LogP contribution in [0.1, 0.15) is 38.4 Å². The summed E-state index contributed by atoms with van der Waals surface area (Å²) in [6.07, 6.45) is 4.29. The maximum atomic E-state index is 5.42. The average Bonchev–Trinajstić information content (AvgIpc) is 3.07. The van der Waals surface area contributed by atoms with Gasteiger partial charge in [0.05, 0.1) is 18.8 Å². The predicted octanol–water partition coefficient (Wildman–Crippen LogP) is 2.79. The van der Waals surface area contributed by atoms with Crippen molar-refractivity contribution in [3.05, 3.63) is 24.0 Å². The molecule has 2 rings (SSSR count). The van der Waals surface area contributed by atoms with Crippen molar-refractivity contribution in [1.29, 1.82) is 0 Å². The van der Waals surface area contributed by atoms with E-state index in [0.717, 1.165) is 30.3 Å². The minimum Gasteiger partial charge on any atom is -0.495 e. The predicted molar refractivity (Wildman–Crippen MR) is 69.1 cm³/mol. The van der Waals surface area contributed by atoms with Gasteiger partial charge in [-0.3, -0.25) is 4.98 Å². The molecule has 94 valence electrons. The Morgan fingerprint density at radius 1 is 1.59 bits per heavy atom. The molecule has 0 spiro atoms. The van der Waals surface area contributed by atoms with Gasteiger partial charge in [-0.2, -0.15) is 0 Å². The molecular formula is C14H22N2O. The van der Waals surface area contributed by atoms with Crippen LogP contribution in [-0.4, -0.2) is 18.6 Å². The number of rotatable bonds is 6. The lowest BCUT2D eigenvalue weighted by Gasteiger charge is -2.20. The number of ether oxygens (including phenoxy) is 1. The zero-order valence-electron chi connectivity index (χ0n) is 10.9. The molecule has 0 radical (unpaired) electrons. The fraction of sp³-hybridized carbons (Fsp3) is 0.643. The lowest BCUT2D eigenvalue weighted by atomic mass is 10.1. The Bertz CT molecular complexity index is 367. The van der Waals surface area contributed by atoms with Gasteiger partial charge in [0, 0.05) is 6.20 Å². The molecule has 3 nitrogen and oxygen atoms in total. The molecule has 1 N–H and O–H groups in total. The Balaban J connectivity index is 2.18. The topological polar surface area (TPSA) is 34.2 Å². The summed E-state index contributed by atoms with van der Waals surface area (Å²) in [7, 11) is 1.72. The first kappa shape index (κ1) is 12.4. The third kappa shape index (κ3) is 2.78. The first-order valence-corrected chi connectivity index (χ1v) is 6.50. The smallest absolute Gasteiger partial charge is 0.141 e. The summed E-state index contributed by atoms with van der Waals surface area (Å²) >= 11 is 0. The molecule has 3 atom stereocenters. The summed E-state index contributed by atoms with van der Waals surface area (Å²) in [5.74, 6) is 2.42. The molecular weight excluding hydrogens is 212 g/mol. The molecule has 3 heteroatoms. The molecule has 1 aliphatic carbocycles. The molecule has 1 saturated carbocycles. The Hall–Kier alpha value is -1.09. The van der Waals surface area contributed by atoms with E-state index < -0.39 is 0 Å². The minimum atomic E-state index is 0.348. The lowest BCUT2D eigenvalue weighted by molar-refractivity contribution is 0.381. The summed E-state index contributed by atoms with van der Waals surface area (Å²) in [6, 6.07) is 4.27. The molecule has 1 heterocycles. The highest BCUT2D eigenvalue weighted by atomic mass is 16.5. The number of nitrogens with one attached hydrogen (secondary N) is 1. The van der Waals surface area contributed by atoms with E-state index >= 15 is 0 Å². The van der Waals surface area contributed by atoms with Crippen LogP contribution in [0.5, 0.6) is 5.75 Å². The van der Waals surface area contributed by atoms with Gasteiger partial charge in [0.1, 0.15) is 5.75 Å². The van der Waals surface area contributed by atoms with Crippen LogP contribution in [0.4, 0.5) is 0 Å². The van der Waals surface area contributed by atoms with Crippen LogP contribution in [0.25, 0.3) is 0 Å². The number of hydrogen-bond donors (Lipinski definition) is 1. The van der Waals surface area contributed by atoms with Crippen molar-refractivity contribution in [3.63, 3.8) is 0 Å². The lowest BCUT2D eigenvalue weighted by Crippen LogP contribution is -2.25. The summed E-state index contributed by atoms with van der Waals surface area (Å²) in [5, 5.41) is 3.61. The van der Waals surface area contributed by atoms with Crippen molar-refractivity contribution < 1.29 is 4.74 Å². The van der Waals surface area contributed by atoms with Gasteiger partial charge >= 0.3 is 0 Å². The summed E-state index contributed by atoms with van der Waals surface area (Å²) in [5.41, 5.74) is 1.07. The first-order chi connectivity index (χ1) is 8.27. The molecule has 3 unspecified atom stereocenters. The first-order valence-electron chi connectivity index (χ1n) is 6.50. The number of hydrogen-bond acceptors (Lipinski definition) is 3. The number of pyridine rings is 1. The maximum absolute atomic E-state index is 5.42. The SMILES string of the molecule is CCCNC(c1ncccc1OC)C1CC1C. The molecule has 1 aromatic rings. The Kier molecular flexibility index (Phi) is 4.00. The van der Waals surface area contributed by atoms with Gasteiger partial charge < -0.3 is 10.1 Å². The Morgan fingerprint density at radius 2 is 2.35 bits per heavy atom. The zero-order chi connectivity index (χ0) is 12.3. The molecule has 0 aliphatic heterocycles. The van der Waals surface area contributed by atoms with Crippen LogP contribution < -0.4 is 10.1 Å². The van der Waals surface area contributed by atoms with Crippen molar-refractivity contribution >= 4 is 0 Å². The standard InChI is InChI=1S/C14H22N2O/c1-4-7-15-13(11-9-10(11)2)14-12(17-3)6-5-8-16-14/h5-6,8,10-11,13,15H,4,7,9H2,1-3H3. The van der Waals surface area contributed by atoms with Crippen molar-refractivity contribution in [2.24, 2.45) is 11.8 Å². The molecule has 17 heavy (non-hydrogen) atoms. The second-order valence-electron chi connectivity index (χ2n) is 4.90. The number of nitrogens with zero attached hydrogens (tertiary/aromatic N) is 1. The molecule has 0 bridgehead atoms. The second-order valence-corrected chi connectivity index (χ2v) is 4.90. The van der Waals surface area contributed by atoms with Gasteiger partial charge in [-0.25, -0.2) is 0 Å². The third-order valence-corrected chi connectivity index (χ3v) is 3.53. The van der Waals surface area contributed by atoms with E-state index in [0.29, 0.717) is 12.0 Å². The highest BCUT2D eigenvalue weighted by Gasteiger charge is 2.41. The van der Waals surface area contributed by atoms with Crippen LogP contribution in [0.3, 0.4) is 0 Å². The van der Waals surface area contributed by atoms with Gasteiger partial charge in [-0.1, -0.05) is 13.8 Å². The summed E-state index contributed by atoms with van der Waals surface area (Å²) in [6.45, 7) is 5.53. The van der Waals surface area contributed by atoms with Gasteiger partial charge in [0.15, 0.2) is 0 Å². The maximum Gasteiger partial charge on any atom is 0.141 e. The molecule has 0 amide bonds. The van der Waals surface area contributed by atoms with Crippen LogP contribution in [0.2, 0.25) is 0 Å². The number of aromatic nitrogens is 1. The Morgan fingerprint density at radius 3 is 2.94 bits per heavy atom. The monoisotopic (exact) mass is 234 g/mol. The molecule has 0 aromatic carbocycles. The van der Waals surface area contributed by atoms with Gasteiger partial charge in [-0.05, 0) is 43.4 Å². The van der Waals surface area contributed by atoms with Crippen molar-refractivity contribution in [1.82, 2.24) is 10.3 Å². The fourth-order valence-electron chi connectivity index (χ4n) is 2.37. The van der Waals surface area contributed by atoms with Crippen molar-refractivity contribution in [2.45, 2.75) is 32.7 Å². The van der Waals surface area contributed by atoms with Gasteiger partial charge in [-0.15, -0.1) is 0 Å². The van der Waals surface area contributed by atoms with E-state index in [1.807, 2.05) is 18.3 Å². The van der Waals surface area contributed by atoms with Crippen molar-refractivity contribution in [3.8, 4) is 5.75 Å². The second kappa shape index (κ2) is 5.50. The van der Waals surface area contributed by atoms with Crippen LogP contribution in [-0.2, 0) is 0 Å². The summed E-state index contributed by atoms with van der Waals surface area (Å²) in [4.78, 5) is 4.51. The van der Waals surface area contributed by atoms with Crippen LogP contribution in [0, 0.1) is 11.8 Å². The third-order valence-electron chi connectivity index (χ3n) is 3.53. The largest absolute Gasteiger partial charge is 0.495 e. The molecule has 1 aromatic heterocycles. The van der Waals surface area contributed by atoms with E-state index in [2.05, 4.69) is 24.1 Å². The zero-order valence-corrected chi connectivity index (χ0v) is 10.9. The molecule has 1 fully saturated rings. The normalized spacial score (nSPS) is 24.4. The molecule has 1 aliphatic rings. The van der Waals surface area contributed by atoms with E-state index in [1.165, 1.54) is 6.42 Å². The van der Waals surface area contributed by atoms with Gasteiger partial charge in [0.2, 0.25) is 0 Å². The average molecular weight is 234 g/mol. The van der Waals surface area contributed by atoms with E-state index in [1.54, 1.807) is 7.11 Å². The summed E-state index contributed by atoms with van der Waals surface area (Å²) < 4.78 is 5.42. The highest BCUT2D eigenvalue weighted by Crippen LogP contribution is 2.47. The van der Waals surface area contributed by atoms with Crippen LogP contribution in [0.15, 0.2) is 18.3 Å². The molecule has 0 saturated heterocycles. The highest BCUT2D eigenvalue weighted by molar-refractivity contribution is 5.31. The Labute approximate surface area is 104 Å². The minimum absolute atomic E-state index is 0.348. The quantitative estimate of drug-likeness (QED) is 0.822. The fourth-order valence-corrected chi connectivity index (χ4v) is 2.37. The van der Waals surface area contributed by atoms with E-state index in [9.17, 15) is 0 Å². The number of methoxy groups -OCH3 is 1. The van der Waals surface area contributed by atoms with E-state index in [-0.39, 0.29) is 0 Å². The van der Waals surface area contributed by atoms with E-state index in [4.69, 9.17) is 4.74 Å². The van der Waals surface area contributed by atoms with Crippen molar-refractivity contribution in [2.75, 3.05) is 13.7 Å².